The molecule has 2 heterocycles. The summed E-state index contributed by atoms with van der Waals surface area (Å²) in [6.45, 7) is 1.46. The number of thioether (sulfide) groups is 2. The Morgan fingerprint density at radius 3 is 0.940 bits per heavy atom. The van der Waals surface area contributed by atoms with Gasteiger partial charge in [0, 0.05) is 56.1 Å². The summed E-state index contributed by atoms with van der Waals surface area (Å²) in [5.74, 6) is 2.16. The maximum absolute atomic E-state index is 14.0. The monoisotopic (exact) mass is 932 g/mol. The fourth-order valence-electron chi connectivity index (χ4n) is 7.80. The van der Waals surface area contributed by atoms with Crippen LogP contribution >= 0.6 is 23.5 Å². The second kappa shape index (κ2) is 20.2. The predicted molar refractivity (Wildman–Crippen MR) is 283 cm³/mol. The summed E-state index contributed by atoms with van der Waals surface area (Å²) >= 11 is 3.80. The molecule has 2 aliphatic heterocycles. The number of hydrogen-bond acceptors (Lipinski definition) is 10. The molecule has 2 atom stereocenters. The van der Waals surface area contributed by atoms with E-state index in [2.05, 4.69) is 107 Å². The first-order valence-corrected chi connectivity index (χ1v) is 25.8. The van der Waals surface area contributed by atoms with Crippen LogP contribution in [0.3, 0.4) is 0 Å². The van der Waals surface area contributed by atoms with Gasteiger partial charge in [0.2, 0.25) is 9.84 Å². The third-order valence-electron chi connectivity index (χ3n) is 11.5. The number of para-hydroxylation sites is 4. The summed E-state index contributed by atoms with van der Waals surface area (Å²) < 4.78 is 28.0. The molecular formula is C56H48N6O2S3. The zero-order chi connectivity index (χ0) is 45.4. The molecule has 0 aliphatic carbocycles. The van der Waals surface area contributed by atoms with Crippen molar-refractivity contribution >= 4 is 91.3 Å². The van der Waals surface area contributed by atoms with Gasteiger partial charge in [-0.15, -0.1) is 0 Å². The van der Waals surface area contributed by atoms with Crippen molar-refractivity contribution in [2.24, 2.45) is 10.2 Å². The SMILES string of the molecule is O=S(=O)(c1ccc(N(CC2CS2)/N=C/c2ccc(N(c3ccccc3)c3ccccc3)cc2)cc1)c1ccc(N(CC2CS2)/N=C/c2ccc(N(c3ccccc3)c3ccccc3)cc2)cc1. The van der Waals surface area contributed by atoms with E-state index in [4.69, 9.17) is 10.2 Å². The van der Waals surface area contributed by atoms with E-state index in [9.17, 15) is 8.42 Å². The van der Waals surface area contributed by atoms with Crippen molar-refractivity contribution in [2.75, 3.05) is 44.4 Å². The Bertz CT molecular complexity index is 2740. The summed E-state index contributed by atoms with van der Waals surface area (Å²) in [5, 5.41) is 14.7. The van der Waals surface area contributed by atoms with Crippen LogP contribution in [0.4, 0.5) is 45.5 Å². The molecular weight excluding hydrogens is 885 g/mol. The van der Waals surface area contributed by atoms with Crippen molar-refractivity contribution in [3.05, 3.63) is 230 Å². The lowest BCUT2D eigenvalue weighted by Gasteiger charge is -2.25. The molecule has 2 unspecified atom stereocenters. The highest BCUT2D eigenvalue weighted by Gasteiger charge is 2.28. The van der Waals surface area contributed by atoms with Crippen LogP contribution in [-0.2, 0) is 9.84 Å². The van der Waals surface area contributed by atoms with Gasteiger partial charge >= 0.3 is 0 Å². The van der Waals surface area contributed by atoms with E-state index in [0.29, 0.717) is 10.5 Å². The normalized spacial score (nSPS) is 15.3. The van der Waals surface area contributed by atoms with Crippen LogP contribution in [0.1, 0.15) is 11.1 Å². The minimum Gasteiger partial charge on any atom is -0.311 e. The van der Waals surface area contributed by atoms with E-state index >= 15 is 0 Å². The number of benzene rings is 8. The molecule has 2 fully saturated rings. The number of hydrogen-bond donors (Lipinski definition) is 0. The number of nitrogens with zero attached hydrogens (tertiary/aromatic N) is 6. The van der Waals surface area contributed by atoms with Crippen LogP contribution in [-0.4, -0.2) is 55.9 Å². The Labute approximate surface area is 401 Å². The molecule has 0 spiro atoms. The molecule has 0 aromatic heterocycles. The van der Waals surface area contributed by atoms with E-state index in [1.807, 2.05) is 143 Å². The van der Waals surface area contributed by atoms with Gasteiger partial charge in [-0.3, -0.25) is 10.0 Å². The third-order valence-corrected chi connectivity index (χ3v) is 15.2. The van der Waals surface area contributed by atoms with Crippen molar-refractivity contribution in [2.45, 2.75) is 20.3 Å². The van der Waals surface area contributed by atoms with Crippen LogP contribution in [0.25, 0.3) is 0 Å². The van der Waals surface area contributed by atoms with Crippen LogP contribution in [0.2, 0.25) is 0 Å². The molecule has 332 valence electrons. The molecule has 0 N–H and O–H groups in total. The zero-order valence-corrected chi connectivity index (χ0v) is 39.1. The van der Waals surface area contributed by atoms with Crippen LogP contribution in [0.15, 0.2) is 238 Å². The lowest BCUT2D eigenvalue weighted by Crippen LogP contribution is -2.22. The van der Waals surface area contributed by atoms with Crippen molar-refractivity contribution in [1.82, 2.24) is 0 Å². The fourth-order valence-corrected chi connectivity index (χ4v) is 10.0. The smallest absolute Gasteiger partial charge is 0.206 e. The Morgan fingerprint density at radius 2 is 0.657 bits per heavy atom. The first-order chi connectivity index (χ1) is 32.9. The van der Waals surface area contributed by atoms with E-state index < -0.39 is 9.84 Å². The summed E-state index contributed by atoms with van der Waals surface area (Å²) in [6, 6.07) is 72.2. The standard InChI is InChI=1S/C56H48N6O2S3/c63-67(64,55-33-29-45(30-34-55)59(39-53-41-65-53)57-37-43-21-25-51(26-22-43)61(47-13-5-1-6-14-47)48-15-7-2-8-16-48)56-35-31-46(32-36-56)60(40-54-42-66-54)58-38-44-23-27-52(28-24-44)62(49-17-9-3-10-18-49)50-19-11-4-12-20-50/h1-38,53-54H,39-42H2/b57-37+,58-38+. The topological polar surface area (TPSA) is 71.8 Å². The maximum Gasteiger partial charge on any atom is 0.206 e. The Balaban J connectivity index is 0.823. The van der Waals surface area contributed by atoms with Crippen molar-refractivity contribution in [3.8, 4) is 0 Å². The van der Waals surface area contributed by atoms with Gasteiger partial charge in [0.1, 0.15) is 0 Å². The molecule has 0 amide bonds. The quantitative estimate of drug-likeness (QED) is 0.0479. The van der Waals surface area contributed by atoms with Gasteiger partial charge in [-0.25, -0.2) is 8.42 Å². The summed E-state index contributed by atoms with van der Waals surface area (Å²) in [5.41, 5.74) is 10.00. The maximum atomic E-state index is 14.0. The summed E-state index contributed by atoms with van der Waals surface area (Å²) in [7, 11) is -3.79. The second-order valence-corrected chi connectivity index (χ2v) is 20.9. The van der Waals surface area contributed by atoms with Crippen molar-refractivity contribution in [1.29, 1.82) is 0 Å². The van der Waals surface area contributed by atoms with E-state index in [0.717, 1.165) is 81.2 Å². The Morgan fingerprint density at radius 1 is 0.388 bits per heavy atom. The molecule has 0 saturated carbocycles. The number of anilines is 8. The average molecular weight is 933 g/mol. The first-order valence-electron chi connectivity index (χ1n) is 22.3. The van der Waals surface area contributed by atoms with Gasteiger partial charge in [0.15, 0.2) is 0 Å². The van der Waals surface area contributed by atoms with Gasteiger partial charge in [-0.05, 0) is 132 Å². The molecule has 2 saturated heterocycles. The van der Waals surface area contributed by atoms with Crippen LogP contribution in [0.5, 0.6) is 0 Å². The fraction of sp³-hybridized carbons (Fsp3) is 0.107. The summed E-state index contributed by atoms with van der Waals surface area (Å²) in [4.78, 5) is 4.93. The summed E-state index contributed by atoms with van der Waals surface area (Å²) in [6.07, 6.45) is 3.74. The van der Waals surface area contributed by atoms with Gasteiger partial charge in [0.05, 0.1) is 46.7 Å². The van der Waals surface area contributed by atoms with E-state index in [-0.39, 0.29) is 9.79 Å². The second-order valence-electron chi connectivity index (χ2n) is 16.3. The Hall–Kier alpha value is -7.05. The lowest BCUT2D eigenvalue weighted by molar-refractivity contribution is 0.596. The molecule has 67 heavy (non-hydrogen) atoms. The molecule has 11 heteroatoms. The van der Waals surface area contributed by atoms with Crippen LogP contribution < -0.4 is 19.8 Å². The molecule has 8 aromatic rings. The molecule has 0 radical (unpaired) electrons. The minimum absolute atomic E-state index is 0.233. The van der Waals surface area contributed by atoms with Gasteiger partial charge in [-0.1, -0.05) is 97.1 Å². The van der Waals surface area contributed by atoms with Crippen LogP contribution in [0, 0.1) is 0 Å². The third kappa shape index (κ3) is 10.8. The van der Waals surface area contributed by atoms with E-state index in [1.165, 1.54) is 0 Å². The Kier molecular flexibility index (Phi) is 13.2. The highest BCUT2D eigenvalue weighted by molar-refractivity contribution is 8.07. The molecule has 0 bridgehead atoms. The molecule has 8 aromatic carbocycles. The highest BCUT2D eigenvalue weighted by Crippen LogP contribution is 2.37. The van der Waals surface area contributed by atoms with E-state index in [1.54, 1.807) is 24.3 Å². The first kappa shape index (κ1) is 43.8. The molecule has 8 nitrogen and oxygen atoms in total. The van der Waals surface area contributed by atoms with Crippen molar-refractivity contribution < 1.29 is 8.42 Å². The highest BCUT2D eigenvalue weighted by atomic mass is 32.2. The molecule has 2 aliphatic rings. The molecule has 10 rings (SSSR count). The largest absolute Gasteiger partial charge is 0.311 e. The average Bonchev–Trinajstić information content (AvgIpc) is 4.35. The number of sulfone groups is 1. The minimum atomic E-state index is -3.79. The van der Waals surface area contributed by atoms with Gasteiger partial charge in [0.25, 0.3) is 0 Å². The number of hydrazone groups is 2. The predicted octanol–water partition coefficient (Wildman–Crippen LogP) is 13.4. The van der Waals surface area contributed by atoms with Gasteiger partial charge in [-0.2, -0.15) is 33.7 Å². The zero-order valence-electron chi connectivity index (χ0n) is 36.6. The van der Waals surface area contributed by atoms with Crippen molar-refractivity contribution in [3.63, 3.8) is 0 Å². The number of rotatable bonds is 18. The van der Waals surface area contributed by atoms with Gasteiger partial charge < -0.3 is 9.80 Å². The lowest BCUT2D eigenvalue weighted by atomic mass is 10.1.